The predicted octanol–water partition coefficient (Wildman–Crippen LogP) is 3.91. The Morgan fingerprint density at radius 3 is 2.73 bits per heavy atom. The molecule has 3 N–H and O–H groups in total. The third kappa shape index (κ3) is 3.93. The fraction of sp³-hybridized carbons (Fsp3) is 0.182. The van der Waals surface area contributed by atoms with Gasteiger partial charge < -0.3 is 29.4 Å². The molecule has 0 spiro atoms. The second-order valence-electron chi connectivity index (χ2n) is 6.76. The van der Waals surface area contributed by atoms with Gasteiger partial charge in [-0.1, -0.05) is 6.07 Å². The van der Waals surface area contributed by atoms with Crippen LogP contribution in [0.2, 0.25) is 0 Å². The largest absolute Gasteiger partial charge is 0.497 e. The Balaban J connectivity index is 1.58. The third-order valence-electron chi connectivity index (χ3n) is 4.68. The van der Waals surface area contributed by atoms with Gasteiger partial charge in [-0.05, 0) is 42.5 Å². The summed E-state index contributed by atoms with van der Waals surface area (Å²) in [5, 5.41) is 14.7. The van der Waals surface area contributed by atoms with Crippen molar-refractivity contribution < 1.29 is 18.7 Å². The average molecular weight is 406 g/mol. The molecule has 0 aliphatic carbocycles. The first kappa shape index (κ1) is 19.4. The molecule has 2 heterocycles. The van der Waals surface area contributed by atoms with Crippen LogP contribution in [0.1, 0.15) is 12.5 Å². The van der Waals surface area contributed by atoms with Crippen molar-refractivity contribution in [2.24, 2.45) is 0 Å². The normalized spacial score (nSPS) is 15.2. The number of benzene rings is 2. The van der Waals surface area contributed by atoms with Gasteiger partial charge in [-0.2, -0.15) is 0 Å². The monoisotopic (exact) mass is 406 g/mol. The molecule has 1 amide bonds. The van der Waals surface area contributed by atoms with Crippen molar-refractivity contribution in [1.29, 1.82) is 5.41 Å². The van der Waals surface area contributed by atoms with E-state index in [2.05, 4.69) is 10.6 Å². The minimum atomic E-state index is -0.381. The number of amides is 1. The van der Waals surface area contributed by atoms with E-state index in [1.54, 1.807) is 31.6 Å². The van der Waals surface area contributed by atoms with E-state index in [4.69, 9.17) is 19.3 Å². The predicted molar refractivity (Wildman–Crippen MR) is 115 cm³/mol. The average Bonchev–Trinajstić information content (AvgIpc) is 3.21. The van der Waals surface area contributed by atoms with Crippen LogP contribution in [0, 0.1) is 5.41 Å². The van der Waals surface area contributed by atoms with Gasteiger partial charge in [0.2, 0.25) is 11.8 Å². The molecule has 8 nitrogen and oxygen atoms in total. The lowest BCUT2D eigenvalue weighted by Crippen LogP contribution is -2.51. The van der Waals surface area contributed by atoms with Crippen molar-refractivity contribution in [3.63, 3.8) is 0 Å². The Kier molecular flexibility index (Phi) is 5.30. The number of amidine groups is 1. The molecule has 0 bridgehead atoms. The van der Waals surface area contributed by atoms with Gasteiger partial charge in [-0.25, -0.2) is 0 Å². The summed E-state index contributed by atoms with van der Waals surface area (Å²) in [6, 6.07) is 16.4. The van der Waals surface area contributed by atoms with Crippen molar-refractivity contribution in [3.05, 3.63) is 66.4 Å². The van der Waals surface area contributed by atoms with Crippen LogP contribution in [0.5, 0.6) is 11.5 Å². The fourth-order valence-corrected chi connectivity index (χ4v) is 3.32. The molecular weight excluding hydrogens is 384 g/mol. The zero-order valence-corrected chi connectivity index (χ0v) is 16.6. The number of hydrogen-bond donors (Lipinski definition) is 3. The number of furan rings is 1. The molecule has 1 aromatic heterocycles. The van der Waals surface area contributed by atoms with Gasteiger partial charge in [0.1, 0.15) is 30.1 Å². The lowest BCUT2D eigenvalue weighted by atomic mass is 10.1. The van der Waals surface area contributed by atoms with E-state index in [1.165, 1.54) is 6.92 Å². The van der Waals surface area contributed by atoms with Crippen molar-refractivity contribution >= 4 is 29.0 Å². The number of methoxy groups -OCH3 is 1. The van der Waals surface area contributed by atoms with E-state index < -0.39 is 0 Å². The molecule has 8 heteroatoms. The maximum atomic E-state index is 11.3. The molecule has 1 unspecified atom stereocenters. The van der Waals surface area contributed by atoms with Crippen molar-refractivity contribution in [2.45, 2.75) is 13.1 Å². The van der Waals surface area contributed by atoms with Crippen molar-refractivity contribution in [3.8, 4) is 11.5 Å². The van der Waals surface area contributed by atoms with Gasteiger partial charge in [0.05, 0.1) is 18.9 Å². The highest BCUT2D eigenvalue weighted by atomic mass is 16.5. The number of ether oxygens (including phenoxy) is 2. The van der Waals surface area contributed by atoms with Gasteiger partial charge >= 0.3 is 0 Å². The molecule has 1 atom stereocenters. The Morgan fingerprint density at radius 2 is 2.00 bits per heavy atom. The van der Waals surface area contributed by atoms with Crippen LogP contribution in [0.4, 0.5) is 17.3 Å². The molecule has 2 aromatic carbocycles. The standard InChI is InChI=1S/C22H22N4O4/c1-14(27)24-15-4-3-5-18(12-15)30-13-20-25-22-19(10-11-29-22)21(23)26(20)16-6-8-17(28-2)9-7-16/h3-12,20,23,25H,13H2,1-2H3,(H,24,27). The third-order valence-corrected chi connectivity index (χ3v) is 4.68. The topological polar surface area (TPSA) is 99.8 Å². The summed E-state index contributed by atoms with van der Waals surface area (Å²) in [5.74, 6) is 2.04. The molecule has 0 fully saturated rings. The zero-order chi connectivity index (χ0) is 21.1. The van der Waals surface area contributed by atoms with Crippen LogP contribution in [0.15, 0.2) is 65.3 Å². The first-order valence-corrected chi connectivity index (χ1v) is 9.42. The van der Waals surface area contributed by atoms with Gasteiger partial charge in [0.25, 0.3) is 0 Å². The van der Waals surface area contributed by atoms with Crippen LogP contribution >= 0.6 is 0 Å². The SMILES string of the molecule is COc1ccc(N2C(=N)c3ccoc3NC2COc2cccc(NC(C)=O)c2)cc1. The smallest absolute Gasteiger partial charge is 0.221 e. The Hall–Kier alpha value is -3.94. The maximum Gasteiger partial charge on any atom is 0.221 e. The summed E-state index contributed by atoms with van der Waals surface area (Å²) >= 11 is 0. The Morgan fingerprint density at radius 1 is 1.20 bits per heavy atom. The van der Waals surface area contributed by atoms with Gasteiger partial charge in [0, 0.05) is 24.4 Å². The highest BCUT2D eigenvalue weighted by Gasteiger charge is 2.33. The molecule has 0 saturated heterocycles. The molecule has 154 valence electrons. The first-order chi connectivity index (χ1) is 14.5. The first-order valence-electron chi connectivity index (χ1n) is 9.42. The molecule has 3 aromatic rings. The molecular formula is C22H22N4O4. The summed E-state index contributed by atoms with van der Waals surface area (Å²) in [7, 11) is 1.61. The minimum absolute atomic E-state index is 0.148. The molecule has 0 saturated carbocycles. The number of rotatable bonds is 6. The van der Waals surface area contributed by atoms with Gasteiger partial charge in [-0.3, -0.25) is 10.2 Å². The lowest BCUT2D eigenvalue weighted by Gasteiger charge is -2.37. The van der Waals surface area contributed by atoms with Crippen LogP contribution < -0.4 is 25.0 Å². The van der Waals surface area contributed by atoms with Crippen molar-refractivity contribution in [2.75, 3.05) is 29.3 Å². The fourth-order valence-electron chi connectivity index (χ4n) is 3.32. The van der Waals surface area contributed by atoms with Crippen LogP contribution in [-0.4, -0.2) is 31.6 Å². The van der Waals surface area contributed by atoms with E-state index in [0.717, 1.165) is 11.4 Å². The Bertz CT molecular complexity index is 1060. The van der Waals surface area contributed by atoms with E-state index in [-0.39, 0.29) is 18.7 Å². The number of nitrogens with one attached hydrogen (secondary N) is 3. The van der Waals surface area contributed by atoms with E-state index in [1.807, 2.05) is 41.3 Å². The number of nitrogens with zero attached hydrogens (tertiary/aromatic N) is 1. The summed E-state index contributed by atoms with van der Waals surface area (Å²) in [6.45, 7) is 1.69. The second kappa shape index (κ2) is 8.20. The molecule has 1 aliphatic rings. The summed E-state index contributed by atoms with van der Waals surface area (Å²) in [6.07, 6.45) is 1.17. The van der Waals surface area contributed by atoms with E-state index in [9.17, 15) is 4.79 Å². The van der Waals surface area contributed by atoms with Crippen molar-refractivity contribution in [1.82, 2.24) is 0 Å². The molecule has 1 aliphatic heterocycles. The number of carbonyl (C=O) groups is 1. The number of hydrogen-bond acceptors (Lipinski definition) is 6. The molecule has 30 heavy (non-hydrogen) atoms. The highest BCUT2D eigenvalue weighted by Crippen LogP contribution is 2.31. The van der Waals surface area contributed by atoms with Gasteiger partial charge in [0.15, 0.2) is 0 Å². The van der Waals surface area contributed by atoms with Crippen LogP contribution in [0.25, 0.3) is 0 Å². The summed E-state index contributed by atoms with van der Waals surface area (Å²) < 4.78 is 16.7. The van der Waals surface area contributed by atoms with Crippen LogP contribution in [0.3, 0.4) is 0 Å². The van der Waals surface area contributed by atoms with Crippen LogP contribution in [-0.2, 0) is 4.79 Å². The molecule has 0 radical (unpaired) electrons. The summed E-state index contributed by atoms with van der Waals surface area (Å²) in [5.41, 5.74) is 2.15. The van der Waals surface area contributed by atoms with Gasteiger partial charge in [-0.15, -0.1) is 0 Å². The highest BCUT2D eigenvalue weighted by molar-refractivity contribution is 6.12. The number of carbonyl (C=O) groups excluding carboxylic acids is 1. The van der Waals surface area contributed by atoms with E-state index >= 15 is 0 Å². The van der Waals surface area contributed by atoms with E-state index in [0.29, 0.717) is 28.7 Å². The number of anilines is 3. The lowest BCUT2D eigenvalue weighted by molar-refractivity contribution is -0.114. The number of fused-ring (bicyclic) bond motifs is 1. The quantitative estimate of drug-likeness (QED) is 0.574. The summed E-state index contributed by atoms with van der Waals surface area (Å²) in [4.78, 5) is 13.1. The second-order valence-corrected chi connectivity index (χ2v) is 6.76. The molecule has 4 rings (SSSR count). The minimum Gasteiger partial charge on any atom is -0.497 e. The Labute approximate surface area is 173 Å². The zero-order valence-electron chi connectivity index (χ0n) is 16.6. The maximum absolute atomic E-state index is 11.3.